The van der Waals surface area contributed by atoms with Gasteiger partial charge in [-0.2, -0.15) is 0 Å². The first kappa shape index (κ1) is 27.5. The third kappa shape index (κ3) is 5.22. The second-order valence-electron chi connectivity index (χ2n) is 12.2. The highest BCUT2D eigenvalue weighted by Gasteiger charge is 2.29. The van der Waals surface area contributed by atoms with Crippen LogP contribution in [0.15, 0.2) is 85.2 Å². The Morgan fingerprint density at radius 3 is 2.56 bits per heavy atom. The molecule has 1 atom stereocenters. The zero-order chi connectivity index (χ0) is 30.2. The highest BCUT2D eigenvalue weighted by Crippen LogP contribution is 2.46. The molecule has 0 spiro atoms. The fourth-order valence-electron chi connectivity index (χ4n) is 6.90. The summed E-state index contributed by atoms with van der Waals surface area (Å²) in [6.07, 6.45) is 16.0. The number of hydrogen-bond acceptors (Lipinski definition) is 4. The van der Waals surface area contributed by atoms with Gasteiger partial charge in [0.1, 0.15) is 17.4 Å². The van der Waals surface area contributed by atoms with Crippen LogP contribution < -0.4 is 10.1 Å². The van der Waals surface area contributed by atoms with Gasteiger partial charge < -0.3 is 24.6 Å². The molecule has 0 saturated heterocycles. The molecule has 1 fully saturated rings. The van der Waals surface area contributed by atoms with Gasteiger partial charge in [0.05, 0.1) is 41.5 Å². The minimum atomic E-state index is -0.292. The maximum Gasteiger partial charge on any atom is 0.203 e. The Hall–Kier alpha value is -5.06. The van der Waals surface area contributed by atoms with Crippen molar-refractivity contribution in [2.45, 2.75) is 57.2 Å². The number of aromatic nitrogens is 5. The Morgan fingerprint density at radius 2 is 1.69 bits per heavy atom. The van der Waals surface area contributed by atoms with Crippen molar-refractivity contribution < 1.29 is 4.74 Å². The molecule has 3 N–H and O–H groups in total. The number of imidazole rings is 2. The standard InChI is InChI=1S/C38H36N6O/c1-2-3-18-39-24-36-40-22-31(42-36)27-15-17-33-29(19-27)20-34-30-16-14-28(32-23-41-37(43-32)25-10-6-4-7-11-25)21-35(30)45-38(44(33)34)26-12-8-5-9-13-26/h1,5,8-9,12-17,19-23,25,38-39H,3-4,6-7,10-11,18,24H2,(H,40,42)(H,41,43)/t38-/m0/s1. The van der Waals surface area contributed by atoms with E-state index in [2.05, 4.69) is 97.5 Å². The van der Waals surface area contributed by atoms with Crippen LogP contribution >= 0.6 is 0 Å². The molecule has 3 aromatic heterocycles. The van der Waals surface area contributed by atoms with Gasteiger partial charge in [-0.3, -0.25) is 0 Å². The Balaban J connectivity index is 1.16. The molecule has 7 nitrogen and oxygen atoms in total. The van der Waals surface area contributed by atoms with Gasteiger partial charge in [-0.05, 0) is 43.2 Å². The SMILES string of the molecule is C#CCCNCc1ncc(-c2ccc3c(c2)cc2n3[C@H](c3ccccc3)Oc3cc(-c4cnc(C5CCCCC5)[nH]4)ccc3-2)[nH]1. The van der Waals surface area contributed by atoms with Crippen molar-refractivity contribution in [3.05, 3.63) is 102 Å². The molecule has 1 saturated carbocycles. The largest absolute Gasteiger partial charge is 0.465 e. The lowest BCUT2D eigenvalue weighted by atomic mass is 9.89. The average molecular weight is 593 g/mol. The molecule has 0 unspecified atom stereocenters. The second kappa shape index (κ2) is 11.8. The van der Waals surface area contributed by atoms with Gasteiger partial charge in [-0.15, -0.1) is 12.3 Å². The number of aromatic amines is 2. The summed E-state index contributed by atoms with van der Waals surface area (Å²) in [6, 6.07) is 25.9. The Bertz CT molecular complexity index is 2000. The number of rotatable bonds is 8. The van der Waals surface area contributed by atoms with E-state index in [0.29, 0.717) is 18.9 Å². The molecule has 3 aromatic carbocycles. The molecule has 0 radical (unpaired) electrons. The smallest absolute Gasteiger partial charge is 0.203 e. The molecule has 7 heteroatoms. The van der Waals surface area contributed by atoms with Crippen molar-refractivity contribution >= 4 is 10.9 Å². The van der Waals surface area contributed by atoms with E-state index in [1.54, 1.807) is 0 Å². The van der Waals surface area contributed by atoms with E-state index < -0.39 is 0 Å². The molecule has 4 heterocycles. The predicted octanol–water partition coefficient (Wildman–Crippen LogP) is 8.19. The Labute approximate surface area is 263 Å². The van der Waals surface area contributed by atoms with Gasteiger partial charge in [0.25, 0.3) is 0 Å². The summed E-state index contributed by atoms with van der Waals surface area (Å²) in [5, 5.41) is 4.48. The molecule has 0 amide bonds. The van der Waals surface area contributed by atoms with Crippen molar-refractivity contribution in [1.29, 1.82) is 0 Å². The van der Waals surface area contributed by atoms with Crippen LogP contribution in [0.2, 0.25) is 0 Å². The summed E-state index contributed by atoms with van der Waals surface area (Å²) in [7, 11) is 0. The number of fused-ring (bicyclic) bond motifs is 5. The van der Waals surface area contributed by atoms with Gasteiger partial charge in [0, 0.05) is 46.5 Å². The zero-order valence-electron chi connectivity index (χ0n) is 25.2. The number of terminal acetylenes is 1. The quantitative estimate of drug-likeness (QED) is 0.123. The first-order chi connectivity index (χ1) is 22.2. The Kier molecular flexibility index (Phi) is 7.20. The maximum absolute atomic E-state index is 6.86. The molecule has 8 rings (SSSR count). The minimum absolute atomic E-state index is 0.292. The Morgan fingerprint density at radius 1 is 0.889 bits per heavy atom. The van der Waals surface area contributed by atoms with Crippen molar-refractivity contribution in [1.82, 2.24) is 29.8 Å². The van der Waals surface area contributed by atoms with Crippen LogP contribution in [0, 0.1) is 12.3 Å². The van der Waals surface area contributed by atoms with Crippen LogP contribution in [0.4, 0.5) is 0 Å². The molecule has 45 heavy (non-hydrogen) atoms. The van der Waals surface area contributed by atoms with Crippen LogP contribution in [-0.2, 0) is 6.54 Å². The first-order valence-electron chi connectivity index (χ1n) is 16.0. The topological polar surface area (TPSA) is 83.5 Å². The number of nitrogens with zero attached hydrogens (tertiary/aromatic N) is 3. The van der Waals surface area contributed by atoms with Crippen LogP contribution in [-0.4, -0.2) is 31.0 Å². The normalized spacial score (nSPS) is 16.2. The van der Waals surface area contributed by atoms with Gasteiger partial charge in [-0.1, -0.05) is 61.7 Å². The van der Waals surface area contributed by atoms with E-state index in [1.807, 2.05) is 18.5 Å². The molecule has 0 bridgehead atoms. The maximum atomic E-state index is 6.86. The lowest BCUT2D eigenvalue weighted by molar-refractivity contribution is 0.173. The monoisotopic (exact) mass is 592 g/mol. The summed E-state index contributed by atoms with van der Waals surface area (Å²) >= 11 is 0. The fourth-order valence-corrected chi connectivity index (χ4v) is 6.90. The van der Waals surface area contributed by atoms with Crippen LogP contribution in [0.5, 0.6) is 5.75 Å². The molecule has 6 aromatic rings. The van der Waals surface area contributed by atoms with Crippen LogP contribution in [0.25, 0.3) is 44.7 Å². The number of hydrogen-bond donors (Lipinski definition) is 3. The molecule has 1 aliphatic carbocycles. The number of ether oxygens (including phenoxy) is 1. The summed E-state index contributed by atoms with van der Waals surface area (Å²) in [4.78, 5) is 16.5. The lowest BCUT2D eigenvalue weighted by Crippen LogP contribution is -2.22. The summed E-state index contributed by atoms with van der Waals surface area (Å²) in [5.41, 5.74) is 8.66. The third-order valence-electron chi connectivity index (χ3n) is 9.23. The van der Waals surface area contributed by atoms with E-state index in [9.17, 15) is 0 Å². The number of nitrogens with one attached hydrogen (secondary N) is 3. The summed E-state index contributed by atoms with van der Waals surface area (Å²) < 4.78 is 9.18. The molecular formula is C38H36N6O. The highest BCUT2D eigenvalue weighted by molar-refractivity contribution is 5.92. The average Bonchev–Trinajstić information content (AvgIpc) is 3.86. The zero-order valence-corrected chi connectivity index (χ0v) is 25.2. The van der Waals surface area contributed by atoms with E-state index >= 15 is 0 Å². The van der Waals surface area contributed by atoms with E-state index in [4.69, 9.17) is 16.1 Å². The van der Waals surface area contributed by atoms with Crippen molar-refractivity contribution in [2.75, 3.05) is 6.54 Å². The highest BCUT2D eigenvalue weighted by atomic mass is 16.5. The number of benzene rings is 3. The van der Waals surface area contributed by atoms with Crippen molar-refractivity contribution in [3.8, 4) is 51.9 Å². The summed E-state index contributed by atoms with van der Waals surface area (Å²) in [6.45, 7) is 1.42. The lowest BCUT2D eigenvalue weighted by Gasteiger charge is -2.30. The second-order valence-corrected chi connectivity index (χ2v) is 12.2. The van der Waals surface area contributed by atoms with Crippen LogP contribution in [0.1, 0.15) is 67.9 Å². The van der Waals surface area contributed by atoms with Crippen molar-refractivity contribution in [2.24, 2.45) is 0 Å². The number of H-pyrrole nitrogens is 2. The van der Waals surface area contributed by atoms with Crippen LogP contribution in [0.3, 0.4) is 0 Å². The van der Waals surface area contributed by atoms with Crippen molar-refractivity contribution in [3.63, 3.8) is 0 Å². The fraction of sp³-hybridized carbons (Fsp3) is 0.263. The molecular weight excluding hydrogens is 556 g/mol. The van der Waals surface area contributed by atoms with Gasteiger partial charge in [0.15, 0.2) is 0 Å². The van der Waals surface area contributed by atoms with E-state index in [-0.39, 0.29) is 6.23 Å². The predicted molar refractivity (Wildman–Crippen MR) is 179 cm³/mol. The molecule has 2 aliphatic rings. The molecule has 224 valence electrons. The van der Waals surface area contributed by atoms with E-state index in [0.717, 1.165) is 74.2 Å². The third-order valence-corrected chi connectivity index (χ3v) is 9.23. The minimum Gasteiger partial charge on any atom is -0.465 e. The first-order valence-corrected chi connectivity index (χ1v) is 16.0. The van der Waals surface area contributed by atoms with Gasteiger partial charge >= 0.3 is 0 Å². The summed E-state index contributed by atoms with van der Waals surface area (Å²) in [5.74, 6) is 6.08. The molecule has 1 aliphatic heterocycles. The van der Waals surface area contributed by atoms with Gasteiger partial charge in [0.2, 0.25) is 6.23 Å². The van der Waals surface area contributed by atoms with Gasteiger partial charge in [-0.25, -0.2) is 9.97 Å². The van der Waals surface area contributed by atoms with E-state index in [1.165, 1.54) is 32.1 Å².